The molecule has 11 heteroatoms. The number of benzene rings is 2. The van der Waals surface area contributed by atoms with Gasteiger partial charge in [-0.2, -0.15) is 5.26 Å². The predicted molar refractivity (Wildman–Crippen MR) is 118 cm³/mol. The van der Waals surface area contributed by atoms with Gasteiger partial charge in [-0.25, -0.2) is 9.98 Å². The van der Waals surface area contributed by atoms with Gasteiger partial charge in [-0.05, 0) is 48.4 Å². The summed E-state index contributed by atoms with van der Waals surface area (Å²) in [5.41, 5.74) is 1.96. The number of thiol groups is 1. The number of hydrogen-bond acceptors (Lipinski definition) is 6. The Balaban J connectivity index is 1.98. The molecule has 3 aromatic rings. The minimum atomic E-state index is -4.77. The first-order chi connectivity index (χ1) is 14.6. The Hall–Kier alpha value is -2.97. The first kappa shape index (κ1) is 22.7. The van der Waals surface area contributed by atoms with Crippen molar-refractivity contribution in [3.8, 4) is 11.9 Å². The summed E-state index contributed by atoms with van der Waals surface area (Å²) in [6.07, 6.45) is -2.89. The van der Waals surface area contributed by atoms with E-state index in [2.05, 4.69) is 32.7 Å². The Kier molecular flexibility index (Phi) is 6.92. The third-order valence-corrected chi connectivity index (χ3v) is 5.14. The van der Waals surface area contributed by atoms with E-state index in [1.54, 1.807) is 0 Å². The molecular formula is C20H18F3N5OS2. The van der Waals surface area contributed by atoms with Crippen LogP contribution in [0, 0.1) is 17.4 Å². The number of hydrogen-bond donors (Lipinski definition) is 2. The highest BCUT2D eigenvalue weighted by atomic mass is 32.2. The zero-order valence-electron chi connectivity index (χ0n) is 16.5. The number of anilines is 1. The van der Waals surface area contributed by atoms with Crippen molar-refractivity contribution in [2.24, 2.45) is 10.9 Å². The molecule has 1 aromatic heterocycles. The monoisotopic (exact) mass is 465 g/mol. The molecule has 0 radical (unpaired) electrons. The SMILES string of the molecule is CC(C)CN(/C(=N/c1ccc(OC(F)(F)F)cc1)NC#N)c1ccc2nc(S)sc2c1. The average molecular weight is 466 g/mol. The second-order valence-corrected chi connectivity index (χ2v) is 8.62. The number of alkyl halides is 3. The number of guanidine groups is 1. The molecule has 2 aromatic carbocycles. The van der Waals surface area contributed by atoms with E-state index in [1.165, 1.54) is 35.6 Å². The third kappa shape index (κ3) is 6.26. The van der Waals surface area contributed by atoms with Gasteiger partial charge in [0.25, 0.3) is 0 Å². The Morgan fingerprint density at radius 2 is 2.00 bits per heavy atom. The standard InChI is InChI=1S/C20H18F3N5OS2/c1-12(2)10-28(14-5-8-16-17(9-14)31-19(30)27-16)18(25-11-24)26-13-3-6-15(7-4-13)29-20(21,22)23/h3-9,12H,10H2,1-2H3,(H,25,26)(H,27,30). The molecule has 162 valence electrons. The second kappa shape index (κ2) is 9.45. The number of fused-ring (bicyclic) bond motifs is 1. The van der Waals surface area contributed by atoms with Crippen LogP contribution in [0.15, 0.2) is 51.8 Å². The molecule has 0 aliphatic heterocycles. The van der Waals surface area contributed by atoms with Crippen LogP contribution in [0.5, 0.6) is 5.75 Å². The number of aromatic nitrogens is 1. The molecule has 0 aliphatic rings. The van der Waals surface area contributed by atoms with E-state index in [-0.39, 0.29) is 17.6 Å². The number of thiazole rings is 1. The highest BCUT2D eigenvalue weighted by Gasteiger charge is 2.31. The second-order valence-electron chi connectivity index (χ2n) is 6.87. The van der Waals surface area contributed by atoms with Crippen LogP contribution in [0.1, 0.15) is 13.8 Å². The van der Waals surface area contributed by atoms with E-state index in [0.29, 0.717) is 16.6 Å². The van der Waals surface area contributed by atoms with E-state index in [0.717, 1.165) is 15.9 Å². The summed E-state index contributed by atoms with van der Waals surface area (Å²) in [6, 6.07) is 10.8. The number of aliphatic imine (C=N–C) groups is 1. The lowest BCUT2D eigenvalue weighted by atomic mass is 10.2. The first-order valence-electron chi connectivity index (χ1n) is 9.11. The van der Waals surface area contributed by atoms with Crippen molar-refractivity contribution in [2.45, 2.75) is 24.5 Å². The fourth-order valence-electron chi connectivity index (χ4n) is 2.80. The van der Waals surface area contributed by atoms with Crippen LogP contribution in [-0.2, 0) is 0 Å². The van der Waals surface area contributed by atoms with Gasteiger partial charge in [0.15, 0.2) is 6.19 Å². The van der Waals surface area contributed by atoms with Crippen molar-refractivity contribution >= 4 is 51.5 Å². The molecule has 0 bridgehead atoms. The van der Waals surface area contributed by atoms with Crippen LogP contribution in [-0.4, -0.2) is 23.9 Å². The fraction of sp³-hybridized carbons (Fsp3) is 0.250. The van der Waals surface area contributed by atoms with E-state index >= 15 is 0 Å². The van der Waals surface area contributed by atoms with Crippen LogP contribution in [0.4, 0.5) is 24.5 Å². The summed E-state index contributed by atoms with van der Waals surface area (Å²) in [5.74, 6) is 0.125. The molecule has 3 rings (SSSR count). The molecule has 1 N–H and O–H groups in total. The van der Waals surface area contributed by atoms with Crippen molar-refractivity contribution in [3.05, 3.63) is 42.5 Å². The summed E-state index contributed by atoms with van der Waals surface area (Å²) in [4.78, 5) is 10.6. The quantitative estimate of drug-likeness (QED) is 0.166. The Labute approximate surface area is 186 Å². The summed E-state index contributed by atoms with van der Waals surface area (Å²) in [7, 11) is 0. The average Bonchev–Trinajstić information content (AvgIpc) is 3.05. The Bertz CT molecular complexity index is 1120. The van der Waals surface area contributed by atoms with Gasteiger partial charge in [-0.15, -0.1) is 37.1 Å². The van der Waals surface area contributed by atoms with E-state index < -0.39 is 6.36 Å². The van der Waals surface area contributed by atoms with Gasteiger partial charge in [0, 0.05) is 12.2 Å². The van der Waals surface area contributed by atoms with Gasteiger partial charge < -0.3 is 9.64 Å². The van der Waals surface area contributed by atoms with Crippen LogP contribution in [0.3, 0.4) is 0 Å². The summed E-state index contributed by atoms with van der Waals surface area (Å²) in [6.45, 7) is 4.59. The van der Waals surface area contributed by atoms with Crippen LogP contribution < -0.4 is 15.0 Å². The molecule has 1 heterocycles. The van der Waals surface area contributed by atoms with Gasteiger partial charge in [0.2, 0.25) is 5.96 Å². The topological polar surface area (TPSA) is 73.5 Å². The highest BCUT2D eigenvalue weighted by molar-refractivity contribution is 7.82. The highest BCUT2D eigenvalue weighted by Crippen LogP contribution is 2.30. The number of halogens is 3. The lowest BCUT2D eigenvalue weighted by Gasteiger charge is -2.27. The number of rotatable bonds is 5. The van der Waals surface area contributed by atoms with Crippen molar-refractivity contribution in [3.63, 3.8) is 0 Å². The van der Waals surface area contributed by atoms with E-state index in [1.807, 2.05) is 43.1 Å². The molecule has 0 saturated carbocycles. The molecule has 0 spiro atoms. The van der Waals surface area contributed by atoms with Crippen LogP contribution in [0.2, 0.25) is 0 Å². The smallest absolute Gasteiger partial charge is 0.406 e. The largest absolute Gasteiger partial charge is 0.573 e. The summed E-state index contributed by atoms with van der Waals surface area (Å²) >= 11 is 5.73. The summed E-state index contributed by atoms with van der Waals surface area (Å²) < 4.78 is 42.6. The van der Waals surface area contributed by atoms with Gasteiger partial charge in [0.1, 0.15) is 10.1 Å². The maximum absolute atomic E-state index is 12.4. The van der Waals surface area contributed by atoms with Gasteiger partial charge >= 0.3 is 6.36 Å². The number of nitrogens with zero attached hydrogens (tertiary/aromatic N) is 4. The van der Waals surface area contributed by atoms with Crippen molar-refractivity contribution in [2.75, 3.05) is 11.4 Å². The van der Waals surface area contributed by atoms with E-state index in [9.17, 15) is 18.4 Å². The minimum Gasteiger partial charge on any atom is -0.406 e. The maximum atomic E-state index is 12.4. The van der Waals surface area contributed by atoms with E-state index in [4.69, 9.17) is 0 Å². The van der Waals surface area contributed by atoms with Crippen molar-refractivity contribution < 1.29 is 17.9 Å². The lowest BCUT2D eigenvalue weighted by molar-refractivity contribution is -0.274. The zero-order valence-corrected chi connectivity index (χ0v) is 18.2. The van der Waals surface area contributed by atoms with Gasteiger partial charge in [0.05, 0.1) is 15.9 Å². The molecule has 0 amide bonds. The lowest BCUT2D eigenvalue weighted by Crippen LogP contribution is -2.41. The van der Waals surface area contributed by atoms with Crippen LogP contribution >= 0.6 is 24.0 Å². The molecule has 6 nitrogen and oxygen atoms in total. The van der Waals surface area contributed by atoms with Crippen LogP contribution in [0.25, 0.3) is 10.2 Å². The predicted octanol–water partition coefficient (Wildman–Crippen LogP) is 5.70. The molecule has 0 aliphatic carbocycles. The molecule has 0 unspecified atom stereocenters. The number of ether oxygens (including phenoxy) is 1. The van der Waals surface area contributed by atoms with Gasteiger partial charge in [-0.3, -0.25) is 5.32 Å². The van der Waals surface area contributed by atoms with Gasteiger partial charge in [-0.1, -0.05) is 13.8 Å². The Morgan fingerprint density at radius 3 is 2.61 bits per heavy atom. The number of nitrogens with one attached hydrogen (secondary N) is 1. The van der Waals surface area contributed by atoms with Crippen molar-refractivity contribution in [1.29, 1.82) is 5.26 Å². The zero-order chi connectivity index (χ0) is 22.6. The maximum Gasteiger partial charge on any atom is 0.573 e. The minimum absolute atomic E-state index is 0.228. The number of nitriles is 1. The molecule has 31 heavy (non-hydrogen) atoms. The third-order valence-electron chi connectivity index (χ3n) is 3.95. The molecular weight excluding hydrogens is 447 g/mol. The first-order valence-corrected chi connectivity index (χ1v) is 10.4. The fourth-order valence-corrected chi connectivity index (χ4v) is 3.94. The molecule has 0 atom stereocenters. The van der Waals surface area contributed by atoms with Crippen molar-refractivity contribution in [1.82, 2.24) is 10.3 Å². The molecule has 0 fully saturated rings. The Morgan fingerprint density at radius 1 is 1.29 bits per heavy atom. The molecule has 0 saturated heterocycles. The summed E-state index contributed by atoms with van der Waals surface area (Å²) in [5, 5.41) is 11.8. The normalized spacial score (nSPS) is 12.1.